The molecule has 3 amide bonds. The minimum Gasteiger partial charge on any atom is -0.388 e. The number of imide groups is 1. The molecule has 1 atom stereocenters. The molecule has 3 aliphatic rings. The van der Waals surface area contributed by atoms with E-state index in [0.29, 0.717) is 18.8 Å². The van der Waals surface area contributed by atoms with Crippen LogP contribution in [0.5, 0.6) is 0 Å². The zero-order valence-electron chi connectivity index (χ0n) is 12.3. The number of nitrogens with zero attached hydrogens (tertiary/aromatic N) is 1. The zero-order chi connectivity index (χ0) is 14.5. The molecule has 1 aliphatic heterocycles. The first-order valence-corrected chi connectivity index (χ1v) is 7.70. The van der Waals surface area contributed by atoms with Crippen LogP contribution in [-0.2, 0) is 4.79 Å². The van der Waals surface area contributed by atoms with Crippen molar-refractivity contribution in [1.82, 2.24) is 10.2 Å². The summed E-state index contributed by atoms with van der Waals surface area (Å²) in [7, 11) is 0. The van der Waals surface area contributed by atoms with Crippen molar-refractivity contribution in [3.05, 3.63) is 0 Å². The van der Waals surface area contributed by atoms with E-state index in [1.165, 1.54) is 4.90 Å². The topological polar surface area (TPSA) is 69.6 Å². The first kappa shape index (κ1) is 13.9. The molecule has 3 fully saturated rings. The summed E-state index contributed by atoms with van der Waals surface area (Å²) in [4.78, 5) is 25.9. The van der Waals surface area contributed by atoms with Gasteiger partial charge in [-0.3, -0.25) is 9.69 Å². The van der Waals surface area contributed by atoms with Crippen LogP contribution in [0.25, 0.3) is 0 Å². The Bertz CT molecular complexity index is 438. The second kappa shape index (κ2) is 4.45. The van der Waals surface area contributed by atoms with Crippen molar-refractivity contribution in [2.24, 2.45) is 11.8 Å². The van der Waals surface area contributed by atoms with Gasteiger partial charge in [0.05, 0.1) is 12.1 Å². The van der Waals surface area contributed by atoms with Gasteiger partial charge in [-0.1, -0.05) is 6.92 Å². The van der Waals surface area contributed by atoms with Crippen molar-refractivity contribution in [2.45, 2.75) is 63.5 Å². The van der Waals surface area contributed by atoms with E-state index in [4.69, 9.17) is 0 Å². The summed E-state index contributed by atoms with van der Waals surface area (Å²) in [6.45, 7) is 4.14. The molecular weight excluding hydrogens is 256 g/mol. The van der Waals surface area contributed by atoms with Gasteiger partial charge in [0, 0.05) is 0 Å². The Labute approximate surface area is 119 Å². The highest BCUT2D eigenvalue weighted by atomic mass is 16.3. The van der Waals surface area contributed by atoms with Gasteiger partial charge in [0.1, 0.15) is 5.54 Å². The third-order valence-corrected chi connectivity index (χ3v) is 5.35. The van der Waals surface area contributed by atoms with Gasteiger partial charge in [0.15, 0.2) is 0 Å². The van der Waals surface area contributed by atoms with E-state index < -0.39 is 11.1 Å². The SMILES string of the molecule is CC1CCC(O)(CN2C(=O)NC(C)(C3CC3)C2=O)CC1. The van der Waals surface area contributed by atoms with E-state index in [1.807, 2.05) is 6.92 Å². The molecule has 2 N–H and O–H groups in total. The van der Waals surface area contributed by atoms with Crippen molar-refractivity contribution in [1.29, 1.82) is 0 Å². The van der Waals surface area contributed by atoms with Crippen LogP contribution in [0.2, 0.25) is 0 Å². The molecule has 0 spiro atoms. The molecule has 0 bridgehead atoms. The van der Waals surface area contributed by atoms with Crippen LogP contribution in [0.1, 0.15) is 52.4 Å². The lowest BCUT2D eigenvalue weighted by atomic mass is 9.79. The van der Waals surface area contributed by atoms with Gasteiger partial charge in [-0.2, -0.15) is 0 Å². The molecular formula is C15H24N2O3. The van der Waals surface area contributed by atoms with Gasteiger partial charge in [-0.15, -0.1) is 0 Å². The van der Waals surface area contributed by atoms with Gasteiger partial charge < -0.3 is 10.4 Å². The first-order valence-electron chi connectivity index (χ1n) is 7.70. The van der Waals surface area contributed by atoms with Crippen molar-refractivity contribution in [2.75, 3.05) is 6.54 Å². The van der Waals surface area contributed by atoms with Crippen molar-refractivity contribution >= 4 is 11.9 Å². The van der Waals surface area contributed by atoms with Crippen molar-refractivity contribution in [3.63, 3.8) is 0 Å². The molecule has 5 nitrogen and oxygen atoms in total. The molecule has 0 aromatic rings. The molecule has 3 rings (SSSR count). The Kier molecular flexibility index (Phi) is 3.08. The molecule has 2 saturated carbocycles. The number of rotatable bonds is 3. The van der Waals surface area contributed by atoms with Crippen molar-refractivity contribution in [3.8, 4) is 0 Å². The second-order valence-corrected chi connectivity index (χ2v) is 7.20. The van der Waals surface area contributed by atoms with Crippen LogP contribution in [0.15, 0.2) is 0 Å². The Morgan fingerprint density at radius 2 is 1.85 bits per heavy atom. The van der Waals surface area contributed by atoms with Gasteiger partial charge in [-0.25, -0.2) is 4.79 Å². The monoisotopic (exact) mass is 280 g/mol. The number of carbonyl (C=O) groups excluding carboxylic acids is 2. The van der Waals surface area contributed by atoms with Gasteiger partial charge in [0.2, 0.25) is 0 Å². The lowest BCUT2D eigenvalue weighted by molar-refractivity contribution is -0.134. The molecule has 20 heavy (non-hydrogen) atoms. The number of nitrogens with one attached hydrogen (secondary N) is 1. The first-order chi connectivity index (χ1) is 9.34. The highest BCUT2D eigenvalue weighted by Gasteiger charge is 2.57. The highest BCUT2D eigenvalue weighted by Crippen LogP contribution is 2.43. The minimum absolute atomic E-state index is 0.146. The average molecular weight is 280 g/mol. The van der Waals surface area contributed by atoms with Gasteiger partial charge in [-0.05, 0) is 57.3 Å². The summed E-state index contributed by atoms with van der Waals surface area (Å²) in [6.07, 6.45) is 5.26. The summed E-state index contributed by atoms with van der Waals surface area (Å²) < 4.78 is 0. The molecule has 2 aliphatic carbocycles. The standard InChI is InChI=1S/C15H24N2O3/c1-10-5-7-15(20,8-6-10)9-17-12(18)14(2,11-3-4-11)16-13(17)19/h10-11,20H,3-9H2,1-2H3,(H,16,19). The fourth-order valence-corrected chi connectivity index (χ4v) is 3.55. The Balaban J connectivity index is 1.71. The average Bonchev–Trinajstić information content (AvgIpc) is 3.20. The number of carbonyl (C=O) groups is 2. The maximum absolute atomic E-state index is 12.5. The van der Waals surface area contributed by atoms with Crippen LogP contribution >= 0.6 is 0 Å². The highest BCUT2D eigenvalue weighted by molar-refractivity contribution is 6.07. The Morgan fingerprint density at radius 1 is 1.25 bits per heavy atom. The molecule has 5 heteroatoms. The van der Waals surface area contributed by atoms with Crippen LogP contribution in [0.3, 0.4) is 0 Å². The maximum atomic E-state index is 12.5. The lowest BCUT2D eigenvalue weighted by Gasteiger charge is -2.37. The third kappa shape index (κ3) is 2.22. The number of aliphatic hydroxyl groups is 1. The van der Waals surface area contributed by atoms with E-state index in [9.17, 15) is 14.7 Å². The van der Waals surface area contributed by atoms with Crippen LogP contribution < -0.4 is 5.32 Å². The summed E-state index contributed by atoms with van der Waals surface area (Å²) >= 11 is 0. The zero-order valence-corrected chi connectivity index (χ0v) is 12.3. The van der Waals surface area contributed by atoms with E-state index in [2.05, 4.69) is 12.2 Å². The summed E-state index contributed by atoms with van der Waals surface area (Å²) in [5.41, 5.74) is -1.64. The predicted octanol–water partition coefficient (Wildman–Crippen LogP) is 1.65. The quantitative estimate of drug-likeness (QED) is 0.772. The Morgan fingerprint density at radius 3 is 2.40 bits per heavy atom. The number of amides is 3. The van der Waals surface area contributed by atoms with Gasteiger partial charge in [0.25, 0.3) is 5.91 Å². The Hall–Kier alpha value is -1.10. The molecule has 1 heterocycles. The normalized spacial score (nSPS) is 42.0. The van der Waals surface area contributed by atoms with E-state index in [0.717, 1.165) is 25.7 Å². The fraction of sp³-hybridized carbons (Fsp3) is 0.867. The molecule has 0 aromatic carbocycles. The van der Waals surface area contributed by atoms with E-state index >= 15 is 0 Å². The smallest absolute Gasteiger partial charge is 0.325 e. The summed E-state index contributed by atoms with van der Waals surface area (Å²) in [6, 6.07) is -0.337. The molecule has 1 saturated heterocycles. The van der Waals surface area contributed by atoms with Crippen LogP contribution in [0, 0.1) is 11.8 Å². The summed E-state index contributed by atoms with van der Waals surface area (Å²) in [5.74, 6) is 0.733. The third-order valence-electron chi connectivity index (χ3n) is 5.35. The maximum Gasteiger partial charge on any atom is 0.325 e. The number of hydrogen-bond donors (Lipinski definition) is 2. The summed E-state index contributed by atoms with van der Waals surface area (Å²) in [5, 5.41) is 13.5. The predicted molar refractivity (Wildman–Crippen MR) is 74.0 cm³/mol. The lowest BCUT2D eigenvalue weighted by Crippen LogP contribution is -2.49. The molecule has 0 aromatic heterocycles. The van der Waals surface area contributed by atoms with Crippen molar-refractivity contribution < 1.29 is 14.7 Å². The minimum atomic E-state index is -0.895. The van der Waals surface area contributed by atoms with Crippen LogP contribution in [-0.4, -0.2) is 39.6 Å². The number of urea groups is 1. The second-order valence-electron chi connectivity index (χ2n) is 7.20. The fourth-order valence-electron chi connectivity index (χ4n) is 3.55. The molecule has 1 unspecified atom stereocenters. The molecule has 112 valence electrons. The molecule has 0 radical (unpaired) electrons. The number of hydrogen-bond acceptors (Lipinski definition) is 3. The largest absolute Gasteiger partial charge is 0.388 e. The van der Waals surface area contributed by atoms with Gasteiger partial charge >= 0.3 is 6.03 Å². The van der Waals surface area contributed by atoms with Crippen LogP contribution in [0.4, 0.5) is 4.79 Å². The van der Waals surface area contributed by atoms with E-state index in [1.54, 1.807) is 0 Å². The van der Waals surface area contributed by atoms with E-state index in [-0.39, 0.29) is 24.4 Å². The number of β-amino-alcohol motifs (C(OH)–C–C–N with tert-alkyl or cyclic N) is 1.